The minimum absolute atomic E-state index is 0.171. The van der Waals surface area contributed by atoms with Gasteiger partial charge in [-0.05, 0) is 19.8 Å². The molecule has 1 aliphatic carbocycles. The Kier molecular flexibility index (Phi) is 3.56. The van der Waals surface area contributed by atoms with Gasteiger partial charge in [-0.1, -0.05) is 5.16 Å². The number of rotatable bonds is 6. The van der Waals surface area contributed by atoms with Crippen molar-refractivity contribution in [3.63, 3.8) is 0 Å². The lowest BCUT2D eigenvalue weighted by Gasteiger charge is -2.20. The van der Waals surface area contributed by atoms with Gasteiger partial charge in [-0.25, -0.2) is 0 Å². The van der Waals surface area contributed by atoms with Crippen LogP contribution in [0.1, 0.15) is 25.5 Å². The molecular weight excluding hydrogens is 206 g/mol. The van der Waals surface area contributed by atoms with Crippen molar-refractivity contribution in [2.45, 2.75) is 32.4 Å². The van der Waals surface area contributed by atoms with Crippen LogP contribution in [0.5, 0.6) is 0 Å². The zero-order chi connectivity index (χ0) is 11.4. The summed E-state index contributed by atoms with van der Waals surface area (Å²) >= 11 is 0. The predicted molar refractivity (Wildman–Crippen MR) is 58.6 cm³/mol. The monoisotopic (exact) mass is 223 g/mol. The molecule has 5 nitrogen and oxygen atoms in total. The SMILES string of the molecule is CCN(C(=O)CNCc1ccno1)C1CC1. The molecule has 1 fully saturated rings. The molecule has 5 heteroatoms. The molecule has 1 aromatic heterocycles. The molecule has 0 saturated heterocycles. The smallest absolute Gasteiger partial charge is 0.236 e. The van der Waals surface area contributed by atoms with Crippen LogP contribution >= 0.6 is 0 Å². The number of hydrogen-bond acceptors (Lipinski definition) is 4. The van der Waals surface area contributed by atoms with Gasteiger partial charge in [0.25, 0.3) is 0 Å². The normalized spacial score (nSPS) is 15.1. The van der Waals surface area contributed by atoms with E-state index >= 15 is 0 Å². The van der Waals surface area contributed by atoms with Crippen molar-refractivity contribution in [3.05, 3.63) is 18.0 Å². The van der Waals surface area contributed by atoms with Gasteiger partial charge in [-0.3, -0.25) is 4.79 Å². The molecule has 1 aromatic rings. The summed E-state index contributed by atoms with van der Waals surface area (Å²) in [7, 11) is 0. The maximum Gasteiger partial charge on any atom is 0.236 e. The number of hydrogen-bond donors (Lipinski definition) is 1. The van der Waals surface area contributed by atoms with Crippen LogP contribution in [0.2, 0.25) is 0 Å². The molecule has 88 valence electrons. The largest absolute Gasteiger partial charge is 0.360 e. The van der Waals surface area contributed by atoms with Gasteiger partial charge in [0.1, 0.15) is 5.76 Å². The number of carbonyl (C=O) groups excluding carboxylic acids is 1. The number of nitrogens with one attached hydrogen (secondary N) is 1. The number of aromatic nitrogens is 1. The van der Waals surface area contributed by atoms with Gasteiger partial charge < -0.3 is 14.7 Å². The van der Waals surface area contributed by atoms with Gasteiger partial charge in [0.2, 0.25) is 5.91 Å². The average molecular weight is 223 g/mol. The lowest BCUT2D eigenvalue weighted by atomic mass is 10.4. The van der Waals surface area contributed by atoms with E-state index in [0.717, 1.165) is 25.1 Å². The molecule has 0 aromatic carbocycles. The maximum atomic E-state index is 11.8. The highest BCUT2D eigenvalue weighted by Crippen LogP contribution is 2.26. The van der Waals surface area contributed by atoms with Gasteiger partial charge in [-0.15, -0.1) is 0 Å². The van der Waals surface area contributed by atoms with E-state index in [1.54, 1.807) is 12.3 Å². The zero-order valence-electron chi connectivity index (χ0n) is 9.48. The Morgan fingerprint density at radius 1 is 1.69 bits per heavy atom. The minimum Gasteiger partial charge on any atom is -0.360 e. The summed E-state index contributed by atoms with van der Waals surface area (Å²) in [5.74, 6) is 0.923. The highest BCUT2D eigenvalue weighted by atomic mass is 16.5. The van der Waals surface area contributed by atoms with Crippen molar-refractivity contribution < 1.29 is 9.32 Å². The number of likely N-dealkylation sites (N-methyl/N-ethyl adjacent to an activating group) is 1. The summed E-state index contributed by atoms with van der Waals surface area (Å²) in [5.41, 5.74) is 0. The van der Waals surface area contributed by atoms with E-state index in [-0.39, 0.29) is 5.91 Å². The average Bonchev–Trinajstić information content (AvgIpc) is 2.96. The second kappa shape index (κ2) is 5.12. The fourth-order valence-electron chi connectivity index (χ4n) is 1.75. The molecule has 0 unspecified atom stereocenters. The molecule has 0 radical (unpaired) electrons. The number of amides is 1. The first-order valence-electron chi connectivity index (χ1n) is 5.71. The second-order valence-electron chi connectivity index (χ2n) is 3.99. The van der Waals surface area contributed by atoms with E-state index in [1.165, 1.54) is 0 Å². The van der Waals surface area contributed by atoms with Gasteiger partial charge in [-0.2, -0.15) is 0 Å². The quantitative estimate of drug-likeness (QED) is 0.774. The van der Waals surface area contributed by atoms with Crippen LogP contribution < -0.4 is 5.32 Å². The topological polar surface area (TPSA) is 58.4 Å². The molecule has 2 rings (SSSR count). The number of carbonyl (C=O) groups is 1. The molecule has 0 aliphatic heterocycles. The van der Waals surface area contributed by atoms with E-state index in [4.69, 9.17) is 4.52 Å². The minimum atomic E-state index is 0.171. The molecule has 1 heterocycles. The third-order valence-electron chi connectivity index (χ3n) is 2.72. The van der Waals surface area contributed by atoms with Crippen molar-refractivity contribution >= 4 is 5.91 Å². The lowest BCUT2D eigenvalue weighted by Crippen LogP contribution is -2.39. The third-order valence-corrected chi connectivity index (χ3v) is 2.72. The van der Waals surface area contributed by atoms with Crippen molar-refractivity contribution in [3.8, 4) is 0 Å². The summed E-state index contributed by atoms with van der Waals surface area (Å²) < 4.78 is 4.92. The summed E-state index contributed by atoms with van der Waals surface area (Å²) in [4.78, 5) is 13.7. The first-order chi connectivity index (χ1) is 7.81. The van der Waals surface area contributed by atoms with Crippen LogP contribution in [-0.2, 0) is 11.3 Å². The Balaban J connectivity index is 1.70. The van der Waals surface area contributed by atoms with Crippen molar-refractivity contribution in [1.29, 1.82) is 0 Å². The molecule has 1 saturated carbocycles. The first-order valence-corrected chi connectivity index (χ1v) is 5.71. The molecule has 1 aliphatic rings. The van der Waals surface area contributed by atoms with Gasteiger partial charge in [0.15, 0.2) is 0 Å². The first kappa shape index (κ1) is 11.1. The fraction of sp³-hybridized carbons (Fsp3) is 0.636. The standard InChI is InChI=1S/C11H17N3O2/c1-2-14(9-3-4-9)11(15)8-12-7-10-5-6-13-16-10/h5-6,9,12H,2-4,7-8H2,1H3. The molecule has 0 atom stereocenters. The molecule has 1 N–H and O–H groups in total. The molecular formula is C11H17N3O2. The van der Waals surface area contributed by atoms with Crippen molar-refractivity contribution in [2.75, 3.05) is 13.1 Å². The van der Waals surface area contributed by atoms with Crippen LogP contribution in [0.15, 0.2) is 16.8 Å². The van der Waals surface area contributed by atoms with Crippen LogP contribution in [0.4, 0.5) is 0 Å². The van der Waals surface area contributed by atoms with E-state index in [9.17, 15) is 4.79 Å². The third kappa shape index (κ3) is 2.82. The molecule has 16 heavy (non-hydrogen) atoms. The van der Waals surface area contributed by atoms with Crippen LogP contribution in [-0.4, -0.2) is 35.1 Å². The van der Waals surface area contributed by atoms with Crippen LogP contribution in [0.3, 0.4) is 0 Å². The van der Waals surface area contributed by atoms with Crippen molar-refractivity contribution in [1.82, 2.24) is 15.4 Å². The summed E-state index contributed by atoms with van der Waals surface area (Å²) in [6, 6.07) is 2.28. The molecule has 0 spiro atoms. The Hall–Kier alpha value is -1.36. The van der Waals surface area contributed by atoms with Gasteiger partial charge in [0, 0.05) is 18.7 Å². The van der Waals surface area contributed by atoms with Gasteiger partial charge in [0.05, 0.1) is 19.3 Å². The predicted octanol–water partition coefficient (Wildman–Crippen LogP) is 0.775. The molecule has 0 bridgehead atoms. The Labute approximate surface area is 94.8 Å². The number of nitrogens with zero attached hydrogens (tertiary/aromatic N) is 2. The summed E-state index contributed by atoms with van der Waals surface area (Å²) in [6.45, 7) is 3.74. The Morgan fingerprint density at radius 3 is 3.06 bits per heavy atom. The fourth-order valence-corrected chi connectivity index (χ4v) is 1.75. The zero-order valence-corrected chi connectivity index (χ0v) is 9.48. The van der Waals surface area contributed by atoms with Crippen molar-refractivity contribution in [2.24, 2.45) is 0 Å². The highest BCUT2D eigenvalue weighted by molar-refractivity contribution is 5.78. The van der Waals surface area contributed by atoms with Gasteiger partial charge >= 0.3 is 0 Å². The Morgan fingerprint density at radius 2 is 2.50 bits per heavy atom. The maximum absolute atomic E-state index is 11.8. The summed E-state index contributed by atoms with van der Waals surface area (Å²) in [6.07, 6.45) is 3.91. The summed E-state index contributed by atoms with van der Waals surface area (Å²) in [5, 5.41) is 6.66. The van der Waals surface area contributed by atoms with E-state index in [1.807, 2.05) is 11.8 Å². The lowest BCUT2D eigenvalue weighted by molar-refractivity contribution is -0.130. The van der Waals surface area contributed by atoms with E-state index < -0.39 is 0 Å². The second-order valence-corrected chi connectivity index (χ2v) is 3.99. The highest BCUT2D eigenvalue weighted by Gasteiger charge is 2.30. The van der Waals surface area contributed by atoms with E-state index in [0.29, 0.717) is 19.1 Å². The molecule has 1 amide bonds. The van der Waals surface area contributed by atoms with Crippen LogP contribution in [0.25, 0.3) is 0 Å². The Bertz CT molecular complexity index is 333. The van der Waals surface area contributed by atoms with Crippen LogP contribution in [0, 0.1) is 0 Å². The van der Waals surface area contributed by atoms with E-state index in [2.05, 4.69) is 10.5 Å².